The molecule has 1 unspecified atom stereocenters. The molecular formula is C23H24BrN3O3. The van der Waals surface area contributed by atoms with Crippen molar-refractivity contribution in [2.24, 2.45) is 5.92 Å². The van der Waals surface area contributed by atoms with Gasteiger partial charge in [0, 0.05) is 41.8 Å². The van der Waals surface area contributed by atoms with Gasteiger partial charge < -0.3 is 15.1 Å². The minimum absolute atomic E-state index is 0.0113. The number of likely N-dealkylation sites (tertiary alicyclic amines) is 1. The number of hydrogen-bond acceptors (Lipinski definition) is 3. The van der Waals surface area contributed by atoms with Crippen molar-refractivity contribution in [3.05, 3.63) is 58.1 Å². The maximum absolute atomic E-state index is 12.9. The second-order valence-corrected chi connectivity index (χ2v) is 8.68. The van der Waals surface area contributed by atoms with Crippen LogP contribution in [0.3, 0.4) is 0 Å². The normalized spacial score (nSPS) is 18.7. The van der Waals surface area contributed by atoms with Gasteiger partial charge in [-0.25, -0.2) is 0 Å². The lowest BCUT2D eigenvalue weighted by molar-refractivity contribution is -0.122. The van der Waals surface area contributed by atoms with Crippen LogP contribution in [0, 0.1) is 12.8 Å². The lowest BCUT2D eigenvalue weighted by atomic mass is 10.0. The number of carbonyl (C=O) groups is 3. The number of para-hydroxylation sites is 1. The zero-order chi connectivity index (χ0) is 21.3. The Bertz CT molecular complexity index is 1000. The summed E-state index contributed by atoms with van der Waals surface area (Å²) >= 11 is 3.47. The van der Waals surface area contributed by atoms with E-state index in [1.54, 1.807) is 23.1 Å². The SMILES string of the molecule is Cc1c(NC(=O)C2CC(=O)N(c3ccccc3Br)C2)cccc1C(=O)N1CCCC1. The largest absolute Gasteiger partial charge is 0.339 e. The molecule has 0 aliphatic carbocycles. The van der Waals surface area contributed by atoms with Crippen molar-refractivity contribution in [1.82, 2.24) is 4.90 Å². The van der Waals surface area contributed by atoms with Gasteiger partial charge in [0.2, 0.25) is 11.8 Å². The number of nitrogens with zero attached hydrogens (tertiary/aromatic N) is 2. The number of hydrogen-bond donors (Lipinski definition) is 1. The highest BCUT2D eigenvalue weighted by molar-refractivity contribution is 9.10. The Labute approximate surface area is 184 Å². The van der Waals surface area contributed by atoms with Crippen LogP contribution in [0.15, 0.2) is 46.9 Å². The third-order valence-electron chi connectivity index (χ3n) is 5.85. The maximum Gasteiger partial charge on any atom is 0.254 e. The van der Waals surface area contributed by atoms with Crippen LogP contribution in [0.5, 0.6) is 0 Å². The van der Waals surface area contributed by atoms with Crippen LogP contribution >= 0.6 is 15.9 Å². The predicted molar refractivity (Wildman–Crippen MR) is 120 cm³/mol. The second kappa shape index (κ2) is 8.60. The number of halogens is 1. The average Bonchev–Trinajstić information content (AvgIpc) is 3.40. The fourth-order valence-electron chi connectivity index (χ4n) is 4.11. The highest BCUT2D eigenvalue weighted by atomic mass is 79.9. The Morgan fingerprint density at radius 1 is 1.07 bits per heavy atom. The molecule has 3 amide bonds. The summed E-state index contributed by atoms with van der Waals surface area (Å²) in [6.07, 6.45) is 2.23. The van der Waals surface area contributed by atoms with Gasteiger partial charge in [0.05, 0.1) is 11.6 Å². The van der Waals surface area contributed by atoms with Crippen LogP contribution in [0.1, 0.15) is 35.2 Å². The lowest BCUT2D eigenvalue weighted by Crippen LogP contribution is -2.29. The van der Waals surface area contributed by atoms with E-state index in [2.05, 4.69) is 21.2 Å². The minimum atomic E-state index is -0.443. The standard InChI is InChI=1S/C23H24BrN3O3/c1-15-17(23(30)26-11-4-5-12-26)7-6-9-19(15)25-22(29)16-13-21(28)27(14-16)20-10-3-2-8-18(20)24/h2-3,6-10,16H,4-5,11-14H2,1H3,(H,25,29). The van der Waals surface area contributed by atoms with E-state index in [1.165, 1.54) is 0 Å². The first-order chi connectivity index (χ1) is 14.5. The molecule has 1 atom stereocenters. The summed E-state index contributed by atoms with van der Waals surface area (Å²) in [5.74, 6) is -0.706. The number of nitrogens with one attached hydrogen (secondary N) is 1. The molecule has 0 saturated carbocycles. The van der Waals surface area contributed by atoms with Crippen molar-refractivity contribution >= 4 is 45.0 Å². The first-order valence-electron chi connectivity index (χ1n) is 10.2. The first kappa shape index (κ1) is 20.6. The van der Waals surface area contributed by atoms with Crippen LogP contribution in [0.2, 0.25) is 0 Å². The fraction of sp³-hybridized carbons (Fsp3) is 0.348. The van der Waals surface area contributed by atoms with E-state index in [0.29, 0.717) is 17.8 Å². The highest BCUT2D eigenvalue weighted by Gasteiger charge is 2.36. The van der Waals surface area contributed by atoms with Gasteiger partial charge in [-0.2, -0.15) is 0 Å². The quantitative estimate of drug-likeness (QED) is 0.735. The van der Waals surface area contributed by atoms with Gasteiger partial charge in [-0.05, 0) is 65.5 Å². The number of benzene rings is 2. The van der Waals surface area contributed by atoms with Gasteiger partial charge in [0.25, 0.3) is 5.91 Å². The van der Waals surface area contributed by atoms with E-state index >= 15 is 0 Å². The Kier molecular flexibility index (Phi) is 5.90. The molecule has 2 aliphatic rings. The molecule has 2 aromatic rings. The van der Waals surface area contributed by atoms with E-state index in [1.807, 2.05) is 36.1 Å². The van der Waals surface area contributed by atoms with Crippen LogP contribution in [0.4, 0.5) is 11.4 Å². The minimum Gasteiger partial charge on any atom is -0.339 e. The number of rotatable bonds is 4. The number of anilines is 2. The fourth-order valence-corrected chi connectivity index (χ4v) is 4.61. The molecule has 156 valence electrons. The second-order valence-electron chi connectivity index (χ2n) is 7.82. The third-order valence-corrected chi connectivity index (χ3v) is 6.52. The lowest BCUT2D eigenvalue weighted by Gasteiger charge is -2.20. The topological polar surface area (TPSA) is 69.7 Å². The Hall–Kier alpha value is -2.67. The Morgan fingerprint density at radius 3 is 2.53 bits per heavy atom. The molecule has 2 saturated heterocycles. The summed E-state index contributed by atoms with van der Waals surface area (Å²) in [4.78, 5) is 41.7. The summed E-state index contributed by atoms with van der Waals surface area (Å²) in [6.45, 7) is 3.75. The maximum atomic E-state index is 12.9. The average molecular weight is 470 g/mol. The molecule has 30 heavy (non-hydrogen) atoms. The van der Waals surface area contributed by atoms with Crippen molar-refractivity contribution in [2.45, 2.75) is 26.2 Å². The molecule has 0 aromatic heterocycles. The Morgan fingerprint density at radius 2 is 1.80 bits per heavy atom. The molecular weight excluding hydrogens is 446 g/mol. The van der Waals surface area contributed by atoms with Crippen molar-refractivity contribution in [3.8, 4) is 0 Å². The summed E-state index contributed by atoms with van der Waals surface area (Å²) in [5, 5.41) is 2.94. The monoisotopic (exact) mass is 469 g/mol. The molecule has 2 heterocycles. The van der Waals surface area contributed by atoms with Crippen molar-refractivity contribution in [3.63, 3.8) is 0 Å². The molecule has 0 spiro atoms. The molecule has 0 radical (unpaired) electrons. The molecule has 2 fully saturated rings. The Balaban J connectivity index is 1.48. The van der Waals surface area contributed by atoms with Crippen molar-refractivity contribution in [2.75, 3.05) is 29.9 Å². The van der Waals surface area contributed by atoms with Gasteiger partial charge in [-0.15, -0.1) is 0 Å². The van der Waals surface area contributed by atoms with Crippen molar-refractivity contribution in [1.29, 1.82) is 0 Å². The summed E-state index contributed by atoms with van der Waals surface area (Å²) in [7, 11) is 0. The zero-order valence-electron chi connectivity index (χ0n) is 16.9. The first-order valence-corrected chi connectivity index (χ1v) is 11.0. The predicted octanol–water partition coefficient (Wildman–Crippen LogP) is 3.99. The molecule has 2 aliphatic heterocycles. The van der Waals surface area contributed by atoms with Gasteiger partial charge in [0.1, 0.15) is 0 Å². The van der Waals surface area contributed by atoms with E-state index in [0.717, 1.165) is 41.7 Å². The molecule has 4 rings (SSSR count). The summed E-state index contributed by atoms with van der Waals surface area (Å²) in [6, 6.07) is 12.9. The van der Waals surface area contributed by atoms with Crippen LogP contribution in [-0.4, -0.2) is 42.3 Å². The molecule has 6 nitrogen and oxygen atoms in total. The van der Waals surface area contributed by atoms with Crippen LogP contribution in [-0.2, 0) is 9.59 Å². The van der Waals surface area contributed by atoms with E-state index in [9.17, 15) is 14.4 Å². The van der Waals surface area contributed by atoms with Crippen molar-refractivity contribution < 1.29 is 14.4 Å². The van der Waals surface area contributed by atoms with Gasteiger partial charge in [-0.1, -0.05) is 18.2 Å². The zero-order valence-corrected chi connectivity index (χ0v) is 18.4. The van der Waals surface area contributed by atoms with Gasteiger partial charge in [0.15, 0.2) is 0 Å². The smallest absolute Gasteiger partial charge is 0.254 e. The summed E-state index contributed by atoms with van der Waals surface area (Å²) in [5.41, 5.74) is 2.77. The number of carbonyl (C=O) groups excluding carboxylic acids is 3. The summed E-state index contributed by atoms with van der Waals surface area (Å²) < 4.78 is 0.823. The van der Waals surface area contributed by atoms with E-state index in [4.69, 9.17) is 0 Å². The third kappa shape index (κ3) is 3.99. The van der Waals surface area contributed by atoms with Crippen LogP contribution < -0.4 is 10.2 Å². The molecule has 0 bridgehead atoms. The molecule has 2 aromatic carbocycles. The van der Waals surface area contributed by atoms with Crippen LogP contribution in [0.25, 0.3) is 0 Å². The number of amides is 3. The molecule has 1 N–H and O–H groups in total. The molecule has 7 heteroatoms. The highest BCUT2D eigenvalue weighted by Crippen LogP contribution is 2.32. The van der Waals surface area contributed by atoms with Gasteiger partial charge >= 0.3 is 0 Å². The van der Waals surface area contributed by atoms with E-state index in [-0.39, 0.29) is 24.1 Å². The van der Waals surface area contributed by atoms with E-state index < -0.39 is 5.92 Å². The van der Waals surface area contributed by atoms with Gasteiger partial charge in [-0.3, -0.25) is 14.4 Å².